The van der Waals surface area contributed by atoms with Gasteiger partial charge in [-0.15, -0.1) is 0 Å². The molecule has 9 nitrogen and oxygen atoms in total. The summed E-state index contributed by atoms with van der Waals surface area (Å²) in [5.74, 6) is -1.97. The molecule has 2 amide bonds. The number of piperidine rings is 1. The van der Waals surface area contributed by atoms with Crippen molar-refractivity contribution < 1.29 is 27.9 Å². The second kappa shape index (κ2) is 10.0. The molecule has 0 aliphatic carbocycles. The number of carboxylic acids is 1. The van der Waals surface area contributed by atoms with Crippen LogP contribution in [0.5, 0.6) is 0 Å². The standard InChI is InChI=1S/C20H29N3O6S/c1-13(2)12-18(20(26)27)22-19(25)15-8-10-23(11-9-15)30(28,29)17-6-4-16(5-7-17)21-14(3)24/h4-7,13,15,18H,8-12H2,1-3H3,(H,21,24)(H,22,25)(H,26,27). The van der Waals surface area contributed by atoms with Gasteiger partial charge < -0.3 is 15.7 Å². The second-order valence-electron chi connectivity index (χ2n) is 7.91. The number of benzene rings is 1. The molecule has 1 aliphatic rings. The van der Waals surface area contributed by atoms with Gasteiger partial charge >= 0.3 is 5.97 Å². The Morgan fingerprint density at radius 2 is 1.70 bits per heavy atom. The number of sulfonamides is 1. The summed E-state index contributed by atoms with van der Waals surface area (Å²) < 4.78 is 27.0. The lowest BCUT2D eigenvalue weighted by molar-refractivity contribution is -0.143. The predicted octanol–water partition coefficient (Wildman–Crippen LogP) is 1.66. The molecule has 1 fully saturated rings. The van der Waals surface area contributed by atoms with Crippen LogP contribution >= 0.6 is 0 Å². The molecule has 1 aromatic carbocycles. The van der Waals surface area contributed by atoms with Crippen LogP contribution < -0.4 is 10.6 Å². The lowest BCUT2D eigenvalue weighted by atomic mass is 9.96. The number of carbonyl (C=O) groups excluding carboxylic acids is 2. The number of rotatable bonds is 8. The van der Waals surface area contributed by atoms with E-state index in [1.165, 1.54) is 35.5 Å². The number of aliphatic carboxylic acids is 1. The summed E-state index contributed by atoms with van der Waals surface area (Å²) in [4.78, 5) is 35.0. The summed E-state index contributed by atoms with van der Waals surface area (Å²) in [7, 11) is -3.71. The number of carboxylic acid groups (broad SMARTS) is 1. The topological polar surface area (TPSA) is 133 Å². The highest BCUT2D eigenvalue weighted by molar-refractivity contribution is 7.89. The zero-order chi connectivity index (χ0) is 22.5. The fourth-order valence-corrected chi connectivity index (χ4v) is 4.87. The van der Waals surface area contributed by atoms with E-state index in [9.17, 15) is 27.9 Å². The highest BCUT2D eigenvalue weighted by Gasteiger charge is 2.33. The Labute approximate surface area is 176 Å². The van der Waals surface area contributed by atoms with Gasteiger partial charge in [0.25, 0.3) is 0 Å². The Bertz CT molecular complexity index is 874. The van der Waals surface area contributed by atoms with Gasteiger partial charge in [-0.3, -0.25) is 9.59 Å². The molecule has 1 unspecified atom stereocenters. The lowest BCUT2D eigenvalue weighted by Gasteiger charge is -2.31. The molecule has 3 N–H and O–H groups in total. The van der Waals surface area contributed by atoms with Crippen LogP contribution in [0.2, 0.25) is 0 Å². The van der Waals surface area contributed by atoms with Crippen LogP contribution in [-0.2, 0) is 24.4 Å². The molecule has 0 radical (unpaired) electrons. The number of nitrogens with zero attached hydrogens (tertiary/aromatic N) is 1. The molecule has 1 aliphatic heterocycles. The first-order chi connectivity index (χ1) is 14.0. The van der Waals surface area contributed by atoms with Crippen molar-refractivity contribution in [3.05, 3.63) is 24.3 Å². The van der Waals surface area contributed by atoms with Gasteiger partial charge in [-0.05, 0) is 49.4 Å². The van der Waals surface area contributed by atoms with Gasteiger partial charge in [0, 0.05) is 31.6 Å². The number of nitrogens with one attached hydrogen (secondary N) is 2. The van der Waals surface area contributed by atoms with Crippen LogP contribution in [0.3, 0.4) is 0 Å². The maximum atomic E-state index is 12.8. The Hall–Kier alpha value is -2.46. The van der Waals surface area contributed by atoms with Crippen LogP contribution in [0.15, 0.2) is 29.2 Å². The van der Waals surface area contributed by atoms with E-state index in [0.29, 0.717) is 24.9 Å². The molecule has 0 bridgehead atoms. The zero-order valence-electron chi connectivity index (χ0n) is 17.4. The Kier molecular flexibility index (Phi) is 7.96. The molecule has 2 rings (SSSR count). The molecule has 1 atom stereocenters. The highest BCUT2D eigenvalue weighted by atomic mass is 32.2. The third-order valence-electron chi connectivity index (χ3n) is 4.96. The van der Waals surface area contributed by atoms with Crippen LogP contribution in [0.1, 0.15) is 40.0 Å². The molecule has 166 valence electrons. The zero-order valence-corrected chi connectivity index (χ0v) is 18.2. The average molecular weight is 440 g/mol. The van der Waals surface area contributed by atoms with E-state index in [1.54, 1.807) is 0 Å². The largest absolute Gasteiger partial charge is 0.480 e. The summed E-state index contributed by atoms with van der Waals surface area (Å²) in [6.45, 7) is 5.49. The van der Waals surface area contributed by atoms with Crippen molar-refractivity contribution >= 4 is 33.5 Å². The normalized spacial score (nSPS) is 16.8. The van der Waals surface area contributed by atoms with Crippen molar-refractivity contribution in [2.45, 2.75) is 51.0 Å². The molecule has 0 aromatic heterocycles. The minimum Gasteiger partial charge on any atom is -0.480 e. The highest BCUT2D eigenvalue weighted by Crippen LogP contribution is 2.25. The van der Waals surface area contributed by atoms with E-state index in [-0.39, 0.29) is 35.7 Å². The molecular formula is C20H29N3O6S. The molecular weight excluding hydrogens is 410 g/mol. The molecule has 0 saturated carbocycles. The molecule has 1 saturated heterocycles. The predicted molar refractivity (Wildman–Crippen MR) is 111 cm³/mol. The first-order valence-corrected chi connectivity index (χ1v) is 11.4. The maximum Gasteiger partial charge on any atom is 0.326 e. The Balaban J connectivity index is 1.97. The molecule has 30 heavy (non-hydrogen) atoms. The van der Waals surface area contributed by atoms with E-state index >= 15 is 0 Å². The SMILES string of the molecule is CC(=O)Nc1ccc(S(=O)(=O)N2CCC(C(=O)NC(CC(C)C)C(=O)O)CC2)cc1. The first-order valence-electron chi connectivity index (χ1n) is 9.91. The fourth-order valence-electron chi connectivity index (χ4n) is 3.40. The number of hydrogen-bond donors (Lipinski definition) is 3. The van der Waals surface area contributed by atoms with Gasteiger partial charge in [-0.1, -0.05) is 13.8 Å². The quantitative estimate of drug-likeness (QED) is 0.564. The number of anilines is 1. The first kappa shape index (κ1) is 23.8. The summed E-state index contributed by atoms with van der Waals surface area (Å²) in [6.07, 6.45) is 0.981. The summed E-state index contributed by atoms with van der Waals surface area (Å²) >= 11 is 0. The fraction of sp³-hybridized carbons (Fsp3) is 0.550. The number of hydrogen-bond acceptors (Lipinski definition) is 5. The van der Waals surface area contributed by atoms with Crippen molar-refractivity contribution in [2.75, 3.05) is 18.4 Å². The van der Waals surface area contributed by atoms with E-state index in [1.807, 2.05) is 13.8 Å². The van der Waals surface area contributed by atoms with Crippen molar-refractivity contribution in [1.82, 2.24) is 9.62 Å². The van der Waals surface area contributed by atoms with Crippen molar-refractivity contribution in [3.8, 4) is 0 Å². The van der Waals surface area contributed by atoms with E-state index in [4.69, 9.17) is 0 Å². The van der Waals surface area contributed by atoms with Crippen LogP contribution in [-0.4, -0.2) is 54.7 Å². The van der Waals surface area contributed by atoms with Gasteiger partial charge in [-0.25, -0.2) is 13.2 Å². The minimum absolute atomic E-state index is 0.113. The van der Waals surface area contributed by atoms with E-state index in [0.717, 1.165) is 0 Å². The van der Waals surface area contributed by atoms with Crippen molar-refractivity contribution in [1.29, 1.82) is 0 Å². The molecule has 1 heterocycles. The van der Waals surface area contributed by atoms with Gasteiger partial charge in [0.05, 0.1) is 4.90 Å². The van der Waals surface area contributed by atoms with Crippen LogP contribution in [0.4, 0.5) is 5.69 Å². The minimum atomic E-state index is -3.71. The smallest absolute Gasteiger partial charge is 0.326 e. The Morgan fingerprint density at radius 1 is 1.13 bits per heavy atom. The average Bonchev–Trinajstić information content (AvgIpc) is 2.67. The Morgan fingerprint density at radius 3 is 2.17 bits per heavy atom. The molecule has 0 spiro atoms. The van der Waals surface area contributed by atoms with Gasteiger partial charge in [-0.2, -0.15) is 4.31 Å². The van der Waals surface area contributed by atoms with Crippen LogP contribution in [0.25, 0.3) is 0 Å². The van der Waals surface area contributed by atoms with Crippen molar-refractivity contribution in [3.63, 3.8) is 0 Å². The van der Waals surface area contributed by atoms with Crippen molar-refractivity contribution in [2.24, 2.45) is 11.8 Å². The summed E-state index contributed by atoms with van der Waals surface area (Å²) in [5, 5.41) is 14.5. The third kappa shape index (κ3) is 6.27. The summed E-state index contributed by atoms with van der Waals surface area (Å²) in [6, 6.07) is 4.97. The van der Waals surface area contributed by atoms with E-state index < -0.39 is 28.0 Å². The molecule has 1 aromatic rings. The summed E-state index contributed by atoms with van der Waals surface area (Å²) in [5.41, 5.74) is 0.506. The monoisotopic (exact) mass is 439 g/mol. The number of carbonyl (C=O) groups is 3. The lowest BCUT2D eigenvalue weighted by Crippen LogP contribution is -2.47. The van der Waals surface area contributed by atoms with Gasteiger partial charge in [0.15, 0.2) is 0 Å². The van der Waals surface area contributed by atoms with Crippen LogP contribution in [0, 0.1) is 11.8 Å². The van der Waals surface area contributed by atoms with E-state index in [2.05, 4.69) is 10.6 Å². The number of amides is 2. The third-order valence-corrected chi connectivity index (χ3v) is 6.87. The second-order valence-corrected chi connectivity index (χ2v) is 9.85. The van der Waals surface area contributed by atoms with Gasteiger partial charge in [0.2, 0.25) is 21.8 Å². The molecule has 10 heteroatoms. The maximum absolute atomic E-state index is 12.8. The van der Waals surface area contributed by atoms with Gasteiger partial charge in [0.1, 0.15) is 6.04 Å².